The van der Waals surface area contributed by atoms with E-state index in [0.29, 0.717) is 0 Å². The minimum Gasteiger partial charge on any atom is -0.656 e. The molecule has 2 aliphatic heterocycles. The van der Waals surface area contributed by atoms with Crippen molar-refractivity contribution in [1.82, 2.24) is 9.97 Å². The van der Waals surface area contributed by atoms with E-state index >= 15 is 0 Å². The first-order valence-corrected chi connectivity index (χ1v) is 20.1. The molecule has 4 nitrogen and oxygen atoms in total. The maximum absolute atomic E-state index is 4.94. The molecule has 4 aromatic carbocycles. The molecule has 0 saturated heterocycles. The Labute approximate surface area is 352 Å². The zero-order valence-electron chi connectivity index (χ0n) is 30.9. The summed E-state index contributed by atoms with van der Waals surface area (Å²) in [6.07, 6.45) is 20.6. The standard InChI is InChI=1S/2C25H17N2S.Zn/c2*1-2-7-18(8-3-1)25-23-11-5-4-10-22(23)24(27-25)17-20-13-12-19(26-20)14-15-21-9-6-16-28-21;/h2*1-17H;/q2*-1;+2/b2*15-14+,20-17-;. The third-order valence-corrected chi connectivity index (χ3v) is 11.0. The molecular formula is C50H34N4S2Zn. The van der Waals surface area contributed by atoms with Crippen molar-refractivity contribution in [3.63, 3.8) is 0 Å². The predicted molar refractivity (Wildman–Crippen MR) is 241 cm³/mol. The summed E-state index contributed by atoms with van der Waals surface area (Å²) in [5.74, 6) is 0. The van der Waals surface area contributed by atoms with Gasteiger partial charge in [-0.25, -0.2) is 9.98 Å². The normalized spacial score (nSPS) is 14.9. The van der Waals surface area contributed by atoms with Crippen molar-refractivity contribution < 1.29 is 19.5 Å². The predicted octanol–water partition coefficient (Wildman–Crippen LogP) is 13.2. The van der Waals surface area contributed by atoms with Crippen LogP contribution in [-0.4, -0.2) is 11.4 Å². The van der Waals surface area contributed by atoms with Crippen LogP contribution in [0.5, 0.6) is 0 Å². The van der Waals surface area contributed by atoms with Crippen LogP contribution in [0, 0.1) is 0 Å². The molecule has 7 heteroatoms. The number of aliphatic imine (C=N–C) groups is 2. The second kappa shape index (κ2) is 17.7. The fraction of sp³-hybridized carbons (Fsp3) is 0. The summed E-state index contributed by atoms with van der Waals surface area (Å²) in [6.45, 7) is 0. The van der Waals surface area contributed by atoms with Crippen LogP contribution in [0.2, 0.25) is 0 Å². The van der Waals surface area contributed by atoms with E-state index in [1.165, 1.54) is 20.5 Å². The Morgan fingerprint density at radius 2 is 0.807 bits per heavy atom. The largest absolute Gasteiger partial charge is 2.00 e. The first-order valence-electron chi connectivity index (χ1n) is 18.4. The van der Waals surface area contributed by atoms with E-state index in [2.05, 4.69) is 144 Å². The molecule has 0 spiro atoms. The van der Waals surface area contributed by atoms with Gasteiger partial charge in [0.15, 0.2) is 0 Å². The van der Waals surface area contributed by atoms with E-state index in [1.54, 1.807) is 22.7 Å². The molecule has 57 heavy (non-hydrogen) atoms. The van der Waals surface area contributed by atoms with Crippen molar-refractivity contribution in [2.75, 3.05) is 0 Å². The molecule has 8 aromatic rings. The van der Waals surface area contributed by atoms with Crippen molar-refractivity contribution in [2.45, 2.75) is 0 Å². The molecule has 10 rings (SSSR count). The Hall–Kier alpha value is -6.24. The molecule has 6 heterocycles. The Morgan fingerprint density at radius 1 is 0.404 bits per heavy atom. The van der Waals surface area contributed by atoms with Crippen LogP contribution >= 0.6 is 22.7 Å². The third kappa shape index (κ3) is 8.77. The quantitative estimate of drug-likeness (QED) is 0.143. The van der Waals surface area contributed by atoms with E-state index in [4.69, 9.17) is 20.0 Å². The average molecular weight is 820 g/mol. The van der Waals surface area contributed by atoms with Crippen molar-refractivity contribution in [2.24, 2.45) is 9.98 Å². The minimum absolute atomic E-state index is 0. The number of aromatic nitrogens is 2. The maximum atomic E-state index is 4.94. The van der Waals surface area contributed by atoms with Crippen LogP contribution in [0.15, 0.2) is 202 Å². The zero-order chi connectivity index (χ0) is 37.5. The maximum Gasteiger partial charge on any atom is 2.00 e. The van der Waals surface area contributed by atoms with Crippen LogP contribution in [0.1, 0.15) is 21.1 Å². The topological polar surface area (TPSA) is 52.9 Å². The van der Waals surface area contributed by atoms with E-state index in [1.807, 2.05) is 60.7 Å². The van der Waals surface area contributed by atoms with Crippen molar-refractivity contribution in [3.8, 4) is 22.5 Å². The molecule has 0 bridgehead atoms. The summed E-state index contributed by atoms with van der Waals surface area (Å²) in [7, 11) is 0. The number of nitrogens with zero attached hydrogens (tertiary/aromatic N) is 4. The Kier molecular flexibility index (Phi) is 11.7. The Balaban J connectivity index is 0.000000157. The fourth-order valence-electron chi connectivity index (χ4n) is 6.68. The molecular weight excluding hydrogens is 786 g/mol. The van der Waals surface area contributed by atoms with E-state index in [-0.39, 0.29) is 19.5 Å². The van der Waals surface area contributed by atoms with Crippen LogP contribution in [0.4, 0.5) is 0 Å². The number of rotatable bonds is 8. The first-order chi connectivity index (χ1) is 27.7. The molecule has 0 radical (unpaired) electrons. The Bertz CT molecular complexity index is 2680. The molecule has 0 aliphatic carbocycles. The molecule has 0 amide bonds. The zero-order valence-corrected chi connectivity index (χ0v) is 35.5. The molecule has 0 N–H and O–H groups in total. The number of hydrogen-bond acceptors (Lipinski definition) is 4. The van der Waals surface area contributed by atoms with Crippen molar-refractivity contribution in [3.05, 3.63) is 213 Å². The fourth-order valence-corrected chi connectivity index (χ4v) is 7.92. The van der Waals surface area contributed by atoms with Gasteiger partial charge in [0.2, 0.25) is 0 Å². The smallest absolute Gasteiger partial charge is 0.656 e. The Morgan fingerprint density at radius 3 is 1.21 bits per heavy atom. The molecule has 0 saturated carbocycles. The summed E-state index contributed by atoms with van der Waals surface area (Å²) in [5.41, 5.74) is 9.99. The number of benzene rings is 4. The summed E-state index contributed by atoms with van der Waals surface area (Å²) in [4.78, 5) is 21.8. The van der Waals surface area contributed by atoms with Gasteiger partial charge in [0.05, 0.1) is 22.8 Å². The van der Waals surface area contributed by atoms with Gasteiger partial charge in [-0.15, -0.1) is 45.4 Å². The number of allylic oxidation sites excluding steroid dienone is 6. The van der Waals surface area contributed by atoms with Crippen LogP contribution in [-0.2, 0) is 19.5 Å². The van der Waals surface area contributed by atoms with E-state index < -0.39 is 0 Å². The van der Waals surface area contributed by atoms with Crippen LogP contribution in [0.25, 0.3) is 68.4 Å². The van der Waals surface area contributed by atoms with E-state index in [0.717, 1.165) is 67.5 Å². The van der Waals surface area contributed by atoms with Crippen LogP contribution in [0.3, 0.4) is 0 Å². The summed E-state index contributed by atoms with van der Waals surface area (Å²) in [6, 6.07) is 45.7. The monoisotopic (exact) mass is 818 g/mol. The SMILES string of the molecule is C1=C/C(=C/c2[n-]c(-c3ccccc3)c3ccccc23)N=C1/C=C/c1cccs1.C1=C/C(=C/c2[n-]c(-c3ccccc3)c3ccccc23)N=C1/C=C/c1cccs1.[Zn+2]. The second-order valence-corrected chi connectivity index (χ2v) is 15.0. The van der Waals surface area contributed by atoms with E-state index in [9.17, 15) is 0 Å². The van der Waals surface area contributed by atoms with Crippen molar-refractivity contribution >= 4 is 79.9 Å². The number of hydrogen-bond donors (Lipinski definition) is 0. The van der Waals surface area contributed by atoms with Gasteiger partial charge in [0.1, 0.15) is 0 Å². The van der Waals surface area contributed by atoms with Gasteiger partial charge in [-0.2, -0.15) is 0 Å². The van der Waals surface area contributed by atoms with Crippen LogP contribution < -0.4 is 9.97 Å². The van der Waals surface area contributed by atoms with Crippen molar-refractivity contribution in [1.29, 1.82) is 0 Å². The molecule has 0 unspecified atom stereocenters. The van der Waals surface area contributed by atoms with Gasteiger partial charge in [0.25, 0.3) is 0 Å². The molecule has 2 aliphatic rings. The van der Waals surface area contributed by atoms with Gasteiger partial charge in [-0.05, 0) is 104 Å². The molecule has 0 atom stereocenters. The summed E-state index contributed by atoms with van der Waals surface area (Å²) < 4.78 is 0. The average Bonchev–Trinajstić information content (AvgIpc) is 4.12. The molecule has 4 aromatic heterocycles. The molecule has 268 valence electrons. The van der Waals surface area contributed by atoms with Gasteiger partial charge in [-0.1, -0.05) is 133 Å². The van der Waals surface area contributed by atoms with Gasteiger partial charge in [0, 0.05) is 9.75 Å². The van der Waals surface area contributed by atoms with Gasteiger partial charge < -0.3 is 9.97 Å². The number of fused-ring (bicyclic) bond motifs is 2. The molecule has 0 fully saturated rings. The first kappa shape index (κ1) is 37.7. The second-order valence-electron chi connectivity index (χ2n) is 13.1. The minimum atomic E-state index is 0. The summed E-state index contributed by atoms with van der Waals surface area (Å²) >= 11 is 3.44. The van der Waals surface area contributed by atoms with Gasteiger partial charge in [-0.3, -0.25) is 0 Å². The third-order valence-electron chi connectivity index (χ3n) is 9.33. The number of thiophene rings is 2. The van der Waals surface area contributed by atoms with Gasteiger partial charge >= 0.3 is 19.5 Å². The summed E-state index contributed by atoms with van der Waals surface area (Å²) in [5, 5.41) is 8.80.